The molecule has 1 amide bonds. The van der Waals surface area contributed by atoms with Gasteiger partial charge in [-0.3, -0.25) is 10.1 Å². The fourth-order valence-corrected chi connectivity index (χ4v) is 2.22. The second kappa shape index (κ2) is 8.86. The van der Waals surface area contributed by atoms with Crippen LogP contribution in [0.4, 0.5) is 5.88 Å². The number of hydrogen-bond acceptors (Lipinski definition) is 6. The zero-order valence-electron chi connectivity index (χ0n) is 14.6. The predicted octanol–water partition coefficient (Wildman–Crippen LogP) is 3.27. The largest absolute Gasteiger partial charge is 0.493 e. The molecule has 0 aliphatic heterocycles. The monoisotopic (exact) mass is 346 g/mol. The van der Waals surface area contributed by atoms with Crippen LogP contribution in [-0.2, 0) is 9.53 Å². The Morgan fingerprint density at radius 2 is 2.00 bits per heavy atom. The van der Waals surface area contributed by atoms with Gasteiger partial charge in [0.25, 0.3) is 0 Å². The number of nitrogens with zero attached hydrogens (tertiary/aromatic N) is 1. The molecule has 2 rings (SSSR count). The van der Waals surface area contributed by atoms with Gasteiger partial charge >= 0.3 is 5.97 Å². The van der Waals surface area contributed by atoms with Crippen LogP contribution in [-0.4, -0.2) is 30.2 Å². The molecule has 0 unspecified atom stereocenters. The minimum atomic E-state index is -0.570. The molecular formula is C18H22N2O5. The van der Waals surface area contributed by atoms with Crippen molar-refractivity contribution < 1.29 is 23.6 Å². The summed E-state index contributed by atoms with van der Waals surface area (Å²) >= 11 is 0. The van der Waals surface area contributed by atoms with Crippen molar-refractivity contribution in [3.8, 4) is 5.75 Å². The van der Waals surface area contributed by atoms with E-state index in [0.29, 0.717) is 18.7 Å². The number of anilines is 1. The normalized spacial score (nSPS) is 10.4. The van der Waals surface area contributed by atoms with E-state index in [9.17, 15) is 9.59 Å². The molecule has 0 spiro atoms. The summed E-state index contributed by atoms with van der Waals surface area (Å²) < 4.78 is 15.6. The van der Waals surface area contributed by atoms with Crippen LogP contribution >= 0.6 is 0 Å². The Kier molecular flexibility index (Phi) is 6.56. The summed E-state index contributed by atoms with van der Waals surface area (Å²) in [5.74, 6) is -0.0337. The summed E-state index contributed by atoms with van der Waals surface area (Å²) in [6.07, 6.45) is 0.760. The number of ether oxygens (including phenoxy) is 2. The SMILES string of the molecule is CCOC(=O)c1c(C)noc1NC(=O)CCCOc1ccccc1C. The number of para-hydroxylation sites is 1. The van der Waals surface area contributed by atoms with Gasteiger partial charge in [0.1, 0.15) is 11.3 Å². The maximum absolute atomic E-state index is 12.0. The van der Waals surface area contributed by atoms with Crippen LogP contribution < -0.4 is 10.1 Å². The molecule has 0 radical (unpaired) electrons. The average molecular weight is 346 g/mol. The summed E-state index contributed by atoms with van der Waals surface area (Å²) in [5, 5.41) is 6.26. The minimum Gasteiger partial charge on any atom is -0.493 e. The topological polar surface area (TPSA) is 90.7 Å². The van der Waals surface area contributed by atoms with Crippen molar-refractivity contribution in [2.24, 2.45) is 0 Å². The lowest BCUT2D eigenvalue weighted by Gasteiger charge is -2.08. The Balaban J connectivity index is 1.83. The van der Waals surface area contributed by atoms with E-state index >= 15 is 0 Å². The second-order valence-corrected chi connectivity index (χ2v) is 5.46. The van der Waals surface area contributed by atoms with Crippen LogP contribution in [0.3, 0.4) is 0 Å². The summed E-state index contributed by atoms with van der Waals surface area (Å²) in [6.45, 7) is 5.92. The highest BCUT2D eigenvalue weighted by molar-refractivity contribution is 6.00. The number of nitrogens with one attached hydrogen (secondary N) is 1. The van der Waals surface area contributed by atoms with Crippen molar-refractivity contribution in [2.75, 3.05) is 18.5 Å². The first kappa shape index (κ1) is 18.5. The van der Waals surface area contributed by atoms with Crippen LogP contribution in [0.2, 0.25) is 0 Å². The lowest BCUT2D eigenvalue weighted by molar-refractivity contribution is -0.116. The number of amides is 1. The van der Waals surface area contributed by atoms with Gasteiger partial charge in [-0.05, 0) is 38.8 Å². The molecule has 0 aliphatic carbocycles. The smallest absolute Gasteiger partial charge is 0.345 e. The number of benzene rings is 1. The van der Waals surface area contributed by atoms with Gasteiger partial charge in [0.2, 0.25) is 11.8 Å². The third kappa shape index (κ3) is 5.07. The quantitative estimate of drug-likeness (QED) is 0.583. The lowest BCUT2D eigenvalue weighted by Crippen LogP contribution is -2.15. The Hall–Kier alpha value is -2.83. The fourth-order valence-electron chi connectivity index (χ4n) is 2.22. The van der Waals surface area contributed by atoms with E-state index in [2.05, 4.69) is 10.5 Å². The van der Waals surface area contributed by atoms with Crippen LogP contribution in [0.25, 0.3) is 0 Å². The summed E-state index contributed by atoms with van der Waals surface area (Å²) in [4.78, 5) is 23.9. The highest BCUT2D eigenvalue weighted by Gasteiger charge is 2.23. The molecule has 1 N–H and O–H groups in total. The molecule has 7 nitrogen and oxygen atoms in total. The number of esters is 1. The first-order valence-corrected chi connectivity index (χ1v) is 8.14. The van der Waals surface area contributed by atoms with E-state index in [1.165, 1.54) is 0 Å². The van der Waals surface area contributed by atoms with Gasteiger partial charge in [0, 0.05) is 6.42 Å². The Morgan fingerprint density at radius 1 is 1.24 bits per heavy atom. The van der Waals surface area contributed by atoms with E-state index in [0.717, 1.165) is 11.3 Å². The van der Waals surface area contributed by atoms with Crippen LogP contribution in [0.1, 0.15) is 41.4 Å². The Bertz CT molecular complexity index is 739. The maximum atomic E-state index is 12.0. The number of carbonyl (C=O) groups is 2. The number of carbonyl (C=O) groups excluding carboxylic acids is 2. The van der Waals surface area contributed by atoms with Crippen LogP contribution in [0.5, 0.6) is 5.75 Å². The number of aryl methyl sites for hydroxylation is 2. The molecule has 0 saturated carbocycles. The summed E-state index contributed by atoms with van der Waals surface area (Å²) in [5.41, 5.74) is 1.56. The van der Waals surface area contributed by atoms with Crippen LogP contribution in [0, 0.1) is 13.8 Å². The second-order valence-electron chi connectivity index (χ2n) is 5.46. The zero-order valence-corrected chi connectivity index (χ0v) is 14.6. The highest BCUT2D eigenvalue weighted by atomic mass is 16.5. The van der Waals surface area contributed by atoms with Gasteiger partial charge in [-0.1, -0.05) is 23.4 Å². The van der Waals surface area contributed by atoms with Crippen molar-refractivity contribution >= 4 is 17.8 Å². The number of aromatic nitrogens is 1. The summed E-state index contributed by atoms with van der Waals surface area (Å²) in [6, 6.07) is 7.69. The lowest BCUT2D eigenvalue weighted by atomic mass is 10.2. The van der Waals surface area contributed by atoms with Gasteiger partial charge in [-0.2, -0.15) is 0 Å². The minimum absolute atomic E-state index is 0.0146. The van der Waals surface area contributed by atoms with E-state index in [1.54, 1.807) is 13.8 Å². The third-order valence-electron chi connectivity index (χ3n) is 3.49. The standard InChI is InChI=1S/C18H22N2O5/c1-4-23-18(22)16-13(3)20-25-17(16)19-15(21)10-7-11-24-14-9-6-5-8-12(14)2/h5-6,8-9H,4,7,10-11H2,1-3H3,(H,19,21). The van der Waals surface area contributed by atoms with E-state index < -0.39 is 5.97 Å². The zero-order chi connectivity index (χ0) is 18.2. The molecule has 1 heterocycles. The first-order chi connectivity index (χ1) is 12.0. The predicted molar refractivity (Wildman–Crippen MR) is 91.7 cm³/mol. The van der Waals surface area contributed by atoms with Gasteiger partial charge < -0.3 is 14.0 Å². The van der Waals surface area contributed by atoms with Gasteiger partial charge in [-0.15, -0.1) is 0 Å². The van der Waals surface area contributed by atoms with Gasteiger partial charge in [-0.25, -0.2) is 4.79 Å². The average Bonchev–Trinajstić information content (AvgIpc) is 2.93. The van der Waals surface area contributed by atoms with Gasteiger partial charge in [0.15, 0.2) is 0 Å². The van der Waals surface area contributed by atoms with Crippen molar-refractivity contribution in [3.63, 3.8) is 0 Å². The molecule has 25 heavy (non-hydrogen) atoms. The molecule has 134 valence electrons. The van der Waals surface area contributed by atoms with E-state index in [-0.39, 0.29) is 30.4 Å². The Labute approximate surface area is 146 Å². The maximum Gasteiger partial charge on any atom is 0.345 e. The molecule has 0 aliphatic rings. The molecule has 0 fully saturated rings. The third-order valence-corrected chi connectivity index (χ3v) is 3.49. The molecule has 7 heteroatoms. The van der Waals surface area contributed by atoms with Crippen molar-refractivity contribution in [1.29, 1.82) is 0 Å². The van der Waals surface area contributed by atoms with Gasteiger partial charge in [0.05, 0.1) is 18.9 Å². The van der Waals surface area contributed by atoms with Crippen LogP contribution in [0.15, 0.2) is 28.8 Å². The summed E-state index contributed by atoms with van der Waals surface area (Å²) in [7, 11) is 0. The molecule has 1 aromatic carbocycles. The highest BCUT2D eigenvalue weighted by Crippen LogP contribution is 2.21. The van der Waals surface area contributed by atoms with Crippen molar-refractivity contribution in [1.82, 2.24) is 5.16 Å². The first-order valence-electron chi connectivity index (χ1n) is 8.14. The number of rotatable bonds is 8. The molecule has 0 atom stereocenters. The van der Waals surface area contributed by atoms with Crippen molar-refractivity contribution in [2.45, 2.75) is 33.6 Å². The molecule has 2 aromatic rings. The Morgan fingerprint density at radius 3 is 2.72 bits per heavy atom. The van der Waals surface area contributed by atoms with Crippen molar-refractivity contribution in [3.05, 3.63) is 41.1 Å². The number of hydrogen-bond donors (Lipinski definition) is 1. The fraction of sp³-hybridized carbons (Fsp3) is 0.389. The molecule has 1 aromatic heterocycles. The molecular weight excluding hydrogens is 324 g/mol. The van der Waals surface area contributed by atoms with E-state index in [1.807, 2.05) is 31.2 Å². The van der Waals surface area contributed by atoms with E-state index in [4.69, 9.17) is 14.0 Å². The molecule has 0 saturated heterocycles. The molecule has 0 bridgehead atoms.